The Labute approximate surface area is 136 Å². The molecule has 4 rings (SSSR count). The number of benzene rings is 1. The van der Waals surface area contributed by atoms with Crippen LogP contribution in [0.1, 0.15) is 42.5 Å². The molecule has 2 aliphatic rings. The fourth-order valence-corrected chi connectivity index (χ4v) is 3.96. The van der Waals surface area contributed by atoms with Crippen LogP contribution in [0.3, 0.4) is 0 Å². The van der Waals surface area contributed by atoms with Gasteiger partial charge in [-0.1, -0.05) is 18.2 Å². The predicted octanol–water partition coefficient (Wildman–Crippen LogP) is 3.25. The lowest BCUT2D eigenvalue weighted by atomic mass is 9.91. The molecule has 0 radical (unpaired) electrons. The molecule has 4 heteroatoms. The van der Waals surface area contributed by atoms with Crippen LogP contribution in [0.2, 0.25) is 0 Å². The summed E-state index contributed by atoms with van der Waals surface area (Å²) >= 11 is 0. The van der Waals surface area contributed by atoms with Gasteiger partial charge in [0.1, 0.15) is 5.75 Å². The summed E-state index contributed by atoms with van der Waals surface area (Å²) < 4.78 is 7.84. The SMILES string of the molecule is Cn1cccc1[C@@H]1CCCN1C(=O)[C@H]1CCOc2ccccc21. The van der Waals surface area contributed by atoms with E-state index >= 15 is 0 Å². The molecule has 2 atom stereocenters. The van der Waals surface area contributed by atoms with Crippen molar-refractivity contribution in [2.24, 2.45) is 7.05 Å². The molecule has 1 amide bonds. The number of carbonyl (C=O) groups is 1. The number of likely N-dealkylation sites (tertiary alicyclic amines) is 1. The second kappa shape index (κ2) is 5.76. The second-order valence-corrected chi connectivity index (χ2v) is 6.46. The van der Waals surface area contributed by atoms with Gasteiger partial charge >= 0.3 is 0 Å². The van der Waals surface area contributed by atoms with E-state index < -0.39 is 0 Å². The van der Waals surface area contributed by atoms with Crippen molar-refractivity contribution in [2.75, 3.05) is 13.2 Å². The van der Waals surface area contributed by atoms with Crippen LogP contribution in [0.4, 0.5) is 0 Å². The average molecular weight is 310 g/mol. The molecule has 120 valence electrons. The highest BCUT2D eigenvalue weighted by Crippen LogP contribution is 2.39. The van der Waals surface area contributed by atoms with Gasteiger partial charge in [-0.05, 0) is 37.5 Å². The van der Waals surface area contributed by atoms with Gasteiger partial charge in [0.2, 0.25) is 5.91 Å². The first-order valence-corrected chi connectivity index (χ1v) is 8.39. The number of rotatable bonds is 2. The molecule has 0 aliphatic carbocycles. The maximum Gasteiger partial charge on any atom is 0.230 e. The average Bonchev–Trinajstić information content (AvgIpc) is 3.22. The van der Waals surface area contributed by atoms with Crippen LogP contribution in [0.25, 0.3) is 0 Å². The van der Waals surface area contributed by atoms with Gasteiger partial charge in [-0.15, -0.1) is 0 Å². The third-order valence-corrected chi connectivity index (χ3v) is 5.12. The third-order valence-electron chi connectivity index (χ3n) is 5.12. The molecular weight excluding hydrogens is 288 g/mol. The van der Waals surface area contributed by atoms with E-state index in [1.165, 1.54) is 5.69 Å². The smallest absolute Gasteiger partial charge is 0.230 e. The monoisotopic (exact) mass is 310 g/mol. The molecule has 0 spiro atoms. The highest BCUT2D eigenvalue weighted by atomic mass is 16.5. The highest BCUT2D eigenvalue weighted by Gasteiger charge is 2.37. The highest BCUT2D eigenvalue weighted by molar-refractivity contribution is 5.85. The van der Waals surface area contributed by atoms with Gasteiger partial charge in [0, 0.05) is 31.0 Å². The Kier molecular flexibility index (Phi) is 3.60. The fourth-order valence-electron chi connectivity index (χ4n) is 3.96. The summed E-state index contributed by atoms with van der Waals surface area (Å²) in [6, 6.07) is 12.4. The molecule has 1 aromatic heterocycles. The van der Waals surface area contributed by atoms with Crippen LogP contribution in [0.15, 0.2) is 42.6 Å². The van der Waals surface area contributed by atoms with Gasteiger partial charge in [-0.25, -0.2) is 0 Å². The molecule has 0 unspecified atom stereocenters. The van der Waals surface area contributed by atoms with E-state index in [4.69, 9.17) is 4.74 Å². The Balaban J connectivity index is 1.63. The standard InChI is InChI=1S/C19H22N2O2/c1-20-11-4-7-16(20)17-8-5-12-21(17)19(22)15-10-13-23-18-9-3-2-6-14(15)18/h2-4,6-7,9,11,15,17H,5,8,10,12-13H2,1H3/t15-,17-/m0/s1. The summed E-state index contributed by atoms with van der Waals surface area (Å²) in [6.07, 6.45) is 4.95. The van der Waals surface area contributed by atoms with Crippen LogP contribution >= 0.6 is 0 Å². The van der Waals surface area contributed by atoms with Crippen molar-refractivity contribution in [2.45, 2.75) is 31.2 Å². The Morgan fingerprint density at radius 3 is 2.87 bits per heavy atom. The molecule has 0 bridgehead atoms. The van der Waals surface area contributed by atoms with E-state index in [1.807, 2.05) is 24.3 Å². The molecular formula is C19H22N2O2. The van der Waals surface area contributed by atoms with Crippen LogP contribution in [-0.2, 0) is 11.8 Å². The lowest BCUT2D eigenvalue weighted by molar-refractivity contribution is -0.134. The lowest BCUT2D eigenvalue weighted by Gasteiger charge is -2.32. The van der Waals surface area contributed by atoms with Gasteiger partial charge in [-0.3, -0.25) is 4.79 Å². The largest absolute Gasteiger partial charge is 0.493 e. The molecule has 2 aromatic rings. The third kappa shape index (κ3) is 2.42. The minimum Gasteiger partial charge on any atom is -0.493 e. The number of ether oxygens (including phenoxy) is 1. The summed E-state index contributed by atoms with van der Waals surface area (Å²) in [6.45, 7) is 1.48. The normalized spacial score (nSPS) is 23.4. The maximum absolute atomic E-state index is 13.2. The lowest BCUT2D eigenvalue weighted by Crippen LogP contribution is -2.37. The van der Waals surface area contributed by atoms with Gasteiger partial charge in [-0.2, -0.15) is 0 Å². The Morgan fingerprint density at radius 2 is 2.04 bits per heavy atom. The summed E-state index contributed by atoms with van der Waals surface area (Å²) in [7, 11) is 2.06. The first-order valence-electron chi connectivity index (χ1n) is 8.39. The van der Waals surface area contributed by atoms with Crippen molar-refractivity contribution in [1.29, 1.82) is 0 Å². The molecule has 23 heavy (non-hydrogen) atoms. The maximum atomic E-state index is 13.2. The van der Waals surface area contributed by atoms with E-state index in [2.05, 4.69) is 34.8 Å². The van der Waals surface area contributed by atoms with Crippen molar-refractivity contribution in [3.63, 3.8) is 0 Å². The van der Waals surface area contributed by atoms with Crippen molar-refractivity contribution in [3.8, 4) is 5.75 Å². The summed E-state index contributed by atoms with van der Waals surface area (Å²) in [5.74, 6) is 1.05. The number of fused-ring (bicyclic) bond motifs is 1. The van der Waals surface area contributed by atoms with Gasteiger partial charge in [0.15, 0.2) is 0 Å². The molecule has 3 heterocycles. The molecule has 4 nitrogen and oxygen atoms in total. The number of para-hydroxylation sites is 1. The van der Waals surface area contributed by atoms with Crippen molar-refractivity contribution < 1.29 is 9.53 Å². The van der Waals surface area contributed by atoms with E-state index in [0.717, 1.165) is 37.1 Å². The van der Waals surface area contributed by atoms with Gasteiger partial charge < -0.3 is 14.2 Å². The zero-order chi connectivity index (χ0) is 15.8. The van der Waals surface area contributed by atoms with Crippen LogP contribution in [0, 0.1) is 0 Å². The number of carbonyl (C=O) groups excluding carboxylic acids is 1. The van der Waals surface area contributed by atoms with E-state index in [1.54, 1.807) is 0 Å². The van der Waals surface area contributed by atoms with E-state index in [9.17, 15) is 4.79 Å². The Morgan fingerprint density at radius 1 is 1.17 bits per heavy atom. The van der Waals surface area contributed by atoms with Crippen molar-refractivity contribution in [1.82, 2.24) is 9.47 Å². The summed E-state index contributed by atoms with van der Waals surface area (Å²) in [5.41, 5.74) is 2.28. The molecule has 1 aromatic carbocycles. The number of amides is 1. The second-order valence-electron chi connectivity index (χ2n) is 6.46. The molecule has 0 saturated carbocycles. The first kappa shape index (κ1) is 14.4. The zero-order valence-corrected chi connectivity index (χ0v) is 13.4. The Hall–Kier alpha value is -2.23. The molecule has 1 fully saturated rings. The first-order chi connectivity index (χ1) is 11.3. The molecule has 1 saturated heterocycles. The van der Waals surface area contributed by atoms with Crippen LogP contribution < -0.4 is 4.74 Å². The topological polar surface area (TPSA) is 34.5 Å². The van der Waals surface area contributed by atoms with Crippen LogP contribution in [-0.4, -0.2) is 28.5 Å². The molecule has 0 N–H and O–H groups in total. The molecule has 2 aliphatic heterocycles. The quantitative estimate of drug-likeness (QED) is 0.853. The number of aromatic nitrogens is 1. The number of hydrogen-bond donors (Lipinski definition) is 0. The number of aryl methyl sites for hydroxylation is 1. The predicted molar refractivity (Wildman–Crippen MR) is 88.4 cm³/mol. The van der Waals surface area contributed by atoms with E-state index in [-0.39, 0.29) is 17.9 Å². The number of hydrogen-bond acceptors (Lipinski definition) is 2. The summed E-state index contributed by atoms with van der Waals surface area (Å²) in [5, 5.41) is 0. The summed E-state index contributed by atoms with van der Waals surface area (Å²) in [4.78, 5) is 15.3. The van der Waals surface area contributed by atoms with Crippen molar-refractivity contribution in [3.05, 3.63) is 53.9 Å². The minimum atomic E-state index is -0.0687. The van der Waals surface area contributed by atoms with Crippen LogP contribution in [0.5, 0.6) is 5.75 Å². The minimum absolute atomic E-state index is 0.0687. The van der Waals surface area contributed by atoms with Gasteiger partial charge in [0.25, 0.3) is 0 Å². The van der Waals surface area contributed by atoms with Gasteiger partial charge in [0.05, 0.1) is 18.6 Å². The number of nitrogens with zero attached hydrogens (tertiary/aromatic N) is 2. The van der Waals surface area contributed by atoms with Crippen molar-refractivity contribution >= 4 is 5.91 Å². The fraction of sp³-hybridized carbons (Fsp3) is 0.421. The Bertz CT molecular complexity index is 722. The van der Waals surface area contributed by atoms with E-state index in [0.29, 0.717) is 6.61 Å². The zero-order valence-electron chi connectivity index (χ0n) is 13.4.